The van der Waals surface area contributed by atoms with Crippen molar-refractivity contribution in [3.8, 4) is 0 Å². The van der Waals surface area contributed by atoms with Crippen LogP contribution >= 0.6 is 23.4 Å². The number of rotatable bonds is 10. The van der Waals surface area contributed by atoms with Gasteiger partial charge in [-0.1, -0.05) is 38.8 Å². The number of carbonyl (C=O) groups excluding carboxylic acids is 1. The fourth-order valence-corrected chi connectivity index (χ4v) is 5.03. The van der Waals surface area contributed by atoms with Gasteiger partial charge in [0.05, 0.1) is 10.6 Å². The predicted octanol–water partition coefficient (Wildman–Crippen LogP) is 7.70. The van der Waals surface area contributed by atoms with Gasteiger partial charge in [0.2, 0.25) is 0 Å². The van der Waals surface area contributed by atoms with E-state index in [2.05, 4.69) is 19.2 Å². The molecule has 1 amide bonds. The Morgan fingerprint density at radius 2 is 1.73 bits per heavy atom. The number of anilines is 1. The zero-order chi connectivity index (χ0) is 24.9. The van der Waals surface area contributed by atoms with Gasteiger partial charge in [-0.25, -0.2) is 13.2 Å². The van der Waals surface area contributed by atoms with E-state index < -0.39 is 29.0 Å². The van der Waals surface area contributed by atoms with Crippen molar-refractivity contribution in [3.05, 3.63) is 58.4 Å². The van der Waals surface area contributed by atoms with E-state index in [1.165, 1.54) is 6.07 Å². The summed E-state index contributed by atoms with van der Waals surface area (Å²) in [4.78, 5) is 13.4. The Kier molecular flexibility index (Phi) is 9.70. The molecule has 0 saturated heterocycles. The van der Waals surface area contributed by atoms with Gasteiger partial charge in [-0.3, -0.25) is 4.79 Å². The van der Waals surface area contributed by atoms with Crippen molar-refractivity contribution in [3.63, 3.8) is 0 Å². The maximum Gasteiger partial charge on any atom is 0.255 e. The Morgan fingerprint density at radius 3 is 2.27 bits per heavy atom. The molecule has 2 unspecified atom stereocenters. The molecule has 2 N–H and O–H groups in total. The molecule has 0 aliphatic rings. The zero-order valence-electron chi connectivity index (χ0n) is 19.5. The van der Waals surface area contributed by atoms with Crippen molar-refractivity contribution >= 4 is 35.0 Å². The summed E-state index contributed by atoms with van der Waals surface area (Å²) >= 11 is 7.97. The highest BCUT2D eigenvalue weighted by molar-refractivity contribution is 8.00. The van der Waals surface area contributed by atoms with Crippen molar-refractivity contribution < 1.29 is 23.1 Å². The van der Waals surface area contributed by atoms with Crippen molar-refractivity contribution in [2.45, 2.75) is 69.6 Å². The van der Waals surface area contributed by atoms with Gasteiger partial charge in [0, 0.05) is 33.5 Å². The van der Waals surface area contributed by atoms with E-state index in [1.807, 2.05) is 6.92 Å². The van der Waals surface area contributed by atoms with Gasteiger partial charge in [0.25, 0.3) is 5.91 Å². The molecule has 8 heteroatoms. The third kappa shape index (κ3) is 7.94. The molecule has 0 radical (unpaired) electrons. The van der Waals surface area contributed by atoms with Gasteiger partial charge in [-0.15, -0.1) is 11.8 Å². The third-order valence-corrected chi connectivity index (χ3v) is 7.66. The predicted molar refractivity (Wildman–Crippen MR) is 130 cm³/mol. The number of benzene rings is 2. The second-order valence-corrected chi connectivity index (χ2v) is 10.9. The van der Waals surface area contributed by atoms with Gasteiger partial charge in [-0.2, -0.15) is 0 Å². The van der Waals surface area contributed by atoms with Crippen LogP contribution in [-0.4, -0.2) is 21.9 Å². The van der Waals surface area contributed by atoms with Crippen LogP contribution in [0.1, 0.15) is 64.2 Å². The van der Waals surface area contributed by atoms with Crippen molar-refractivity contribution in [1.29, 1.82) is 0 Å². The molecular weight excluding hydrogens is 471 g/mol. The molecular formula is C25H31ClF3NO2S. The lowest BCUT2D eigenvalue weighted by atomic mass is 9.87. The maximum absolute atomic E-state index is 13.5. The molecule has 2 aromatic rings. The smallest absolute Gasteiger partial charge is 0.255 e. The van der Waals surface area contributed by atoms with Gasteiger partial charge < -0.3 is 10.4 Å². The molecule has 0 bridgehead atoms. The minimum Gasteiger partial charge on any atom is -0.390 e. The molecule has 2 rings (SSSR count). The molecule has 0 saturated carbocycles. The van der Waals surface area contributed by atoms with Gasteiger partial charge in [0.15, 0.2) is 17.5 Å². The lowest BCUT2D eigenvalue weighted by Crippen LogP contribution is -2.31. The molecule has 2 aromatic carbocycles. The van der Waals surface area contributed by atoms with E-state index in [1.54, 1.807) is 37.7 Å². The van der Waals surface area contributed by atoms with E-state index in [0.717, 1.165) is 31.4 Å². The van der Waals surface area contributed by atoms with Crippen LogP contribution in [0, 0.1) is 29.3 Å². The average Bonchev–Trinajstić information content (AvgIpc) is 2.72. The Morgan fingerprint density at radius 1 is 1.12 bits per heavy atom. The van der Waals surface area contributed by atoms with E-state index >= 15 is 0 Å². The normalized spacial score (nSPS) is 14.6. The number of nitrogens with one attached hydrogen (secondary N) is 1. The summed E-state index contributed by atoms with van der Waals surface area (Å²) in [5, 5.41) is 13.4. The highest BCUT2D eigenvalue weighted by Gasteiger charge is 2.27. The fourth-order valence-electron chi connectivity index (χ4n) is 3.24. The summed E-state index contributed by atoms with van der Waals surface area (Å²) in [5.41, 5.74) is -0.751. The Hall–Kier alpha value is -1.70. The summed E-state index contributed by atoms with van der Waals surface area (Å²) in [6, 6.07) is 6.20. The van der Waals surface area contributed by atoms with Crippen LogP contribution in [0.25, 0.3) is 0 Å². The standard InChI is InChI=1S/C25H31ClF3NO2S/c1-6-14(2)9-18(10-15(3)25(4,5)32)33-22-11-16(7-8-19(22)26)24(31)30-17-12-20(27)23(29)21(28)13-17/h7-8,11-15,18,32H,6,9-10H2,1-5H3,(H,30,31)/t14-,15?,18?/m0/s1. The Bertz CT molecular complexity index is 958. The lowest BCUT2D eigenvalue weighted by molar-refractivity contribution is 0.0207. The SMILES string of the molecule is CC[C@H](C)CC(CC(C)C(C)(C)O)Sc1cc(C(=O)Nc2cc(F)c(F)c(F)c2)ccc1Cl. The lowest BCUT2D eigenvalue weighted by Gasteiger charge is -2.30. The maximum atomic E-state index is 13.5. The van der Waals surface area contributed by atoms with Crippen molar-refractivity contribution in [2.75, 3.05) is 5.32 Å². The number of hydrogen-bond acceptors (Lipinski definition) is 3. The zero-order valence-corrected chi connectivity index (χ0v) is 21.1. The first-order valence-electron chi connectivity index (χ1n) is 11.0. The molecule has 0 heterocycles. The van der Waals surface area contributed by atoms with Crippen LogP contribution in [0.4, 0.5) is 18.9 Å². The third-order valence-electron chi connectivity index (χ3n) is 5.91. The van der Waals surface area contributed by atoms with Gasteiger partial charge >= 0.3 is 0 Å². The first kappa shape index (κ1) is 27.5. The molecule has 182 valence electrons. The van der Waals surface area contributed by atoms with E-state index in [-0.39, 0.29) is 22.4 Å². The minimum absolute atomic E-state index is 0.0487. The molecule has 0 aliphatic carbocycles. The summed E-state index contributed by atoms with van der Waals surface area (Å²) in [6.07, 6.45) is 2.71. The number of amides is 1. The van der Waals surface area contributed by atoms with Crippen molar-refractivity contribution in [1.82, 2.24) is 0 Å². The average molecular weight is 502 g/mol. The van der Waals surface area contributed by atoms with Crippen LogP contribution in [0.3, 0.4) is 0 Å². The van der Waals surface area contributed by atoms with E-state index in [0.29, 0.717) is 15.8 Å². The monoisotopic (exact) mass is 501 g/mol. The van der Waals surface area contributed by atoms with Crippen LogP contribution in [-0.2, 0) is 0 Å². The summed E-state index contributed by atoms with van der Waals surface area (Å²) in [5.74, 6) is -4.43. The molecule has 0 spiro atoms. The second kappa shape index (κ2) is 11.6. The first-order valence-corrected chi connectivity index (χ1v) is 12.2. The van der Waals surface area contributed by atoms with Crippen LogP contribution in [0.15, 0.2) is 35.2 Å². The molecule has 0 fully saturated rings. The number of thioether (sulfide) groups is 1. The van der Waals surface area contributed by atoms with Gasteiger partial charge in [0.1, 0.15) is 0 Å². The molecule has 3 nitrogen and oxygen atoms in total. The highest BCUT2D eigenvalue weighted by Crippen LogP contribution is 2.38. The topological polar surface area (TPSA) is 49.3 Å². The minimum atomic E-state index is -1.59. The van der Waals surface area contributed by atoms with Crippen LogP contribution < -0.4 is 5.32 Å². The number of carbonyl (C=O) groups is 1. The molecule has 0 aliphatic heterocycles. The molecule has 0 aromatic heterocycles. The Labute approximate surface area is 203 Å². The fraction of sp³-hybridized carbons (Fsp3) is 0.480. The van der Waals surface area contributed by atoms with E-state index in [9.17, 15) is 23.1 Å². The summed E-state index contributed by atoms with van der Waals surface area (Å²) in [7, 11) is 0. The number of halogens is 4. The van der Waals surface area contributed by atoms with Crippen LogP contribution in [0.2, 0.25) is 5.02 Å². The second-order valence-electron chi connectivity index (χ2n) is 9.13. The van der Waals surface area contributed by atoms with Gasteiger partial charge in [-0.05, 0) is 56.7 Å². The highest BCUT2D eigenvalue weighted by atomic mass is 35.5. The Balaban J connectivity index is 2.24. The number of hydrogen-bond donors (Lipinski definition) is 2. The van der Waals surface area contributed by atoms with Crippen molar-refractivity contribution in [2.24, 2.45) is 11.8 Å². The number of aliphatic hydroxyl groups is 1. The molecule has 33 heavy (non-hydrogen) atoms. The quantitative estimate of drug-likeness (QED) is 0.259. The summed E-state index contributed by atoms with van der Waals surface area (Å²) < 4.78 is 40.1. The summed E-state index contributed by atoms with van der Waals surface area (Å²) in [6.45, 7) is 9.90. The largest absolute Gasteiger partial charge is 0.390 e. The first-order chi connectivity index (χ1) is 15.3. The van der Waals surface area contributed by atoms with E-state index in [4.69, 9.17) is 11.6 Å². The molecule has 3 atom stereocenters. The van der Waals surface area contributed by atoms with Crippen LogP contribution in [0.5, 0.6) is 0 Å².